The van der Waals surface area contributed by atoms with Crippen molar-refractivity contribution < 1.29 is 24.6 Å². The van der Waals surface area contributed by atoms with E-state index in [1.54, 1.807) is 0 Å². The second-order valence-electron chi connectivity index (χ2n) is 8.29. The lowest BCUT2D eigenvalue weighted by molar-refractivity contribution is -0.116. The Bertz CT molecular complexity index is 709. The number of carboxylic acid groups (broad SMARTS) is 2. The number of hydrogen-bond acceptors (Lipinski definition) is 3. The summed E-state index contributed by atoms with van der Waals surface area (Å²) in [6, 6.07) is 3.61. The number of aromatic carboxylic acids is 2. The van der Waals surface area contributed by atoms with Gasteiger partial charge in [-0.15, -0.1) is 0 Å². The van der Waals surface area contributed by atoms with E-state index in [0.717, 1.165) is 38.2 Å². The molecule has 0 atom stereocenters. The lowest BCUT2D eigenvalue weighted by Gasteiger charge is -2.08. The summed E-state index contributed by atoms with van der Waals surface area (Å²) in [4.78, 5) is 34.4. The minimum Gasteiger partial charge on any atom is -0.478 e. The van der Waals surface area contributed by atoms with Crippen LogP contribution >= 0.6 is 0 Å². The maximum absolute atomic E-state index is 12.1. The van der Waals surface area contributed by atoms with Crippen LogP contribution in [0.15, 0.2) is 30.4 Å². The Morgan fingerprint density at radius 2 is 1.19 bits per heavy atom. The van der Waals surface area contributed by atoms with Crippen LogP contribution in [-0.2, 0) is 4.79 Å². The Morgan fingerprint density at radius 3 is 1.69 bits per heavy atom. The van der Waals surface area contributed by atoms with Gasteiger partial charge in [0.25, 0.3) is 0 Å². The van der Waals surface area contributed by atoms with E-state index < -0.39 is 11.9 Å². The third-order valence-corrected chi connectivity index (χ3v) is 5.38. The molecule has 178 valence electrons. The number of rotatable bonds is 18. The fraction of sp³-hybridized carbons (Fsp3) is 0.577. The van der Waals surface area contributed by atoms with Crippen molar-refractivity contribution in [1.29, 1.82) is 0 Å². The Balaban J connectivity index is 2.11. The van der Waals surface area contributed by atoms with Crippen LogP contribution in [0.1, 0.15) is 118 Å². The van der Waals surface area contributed by atoms with Crippen LogP contribution in [0.5, 0.6) is 0 Å². The van der Waals surface area contributed by atoms with E-state index >= 15 is 0 Å². The van der Waals surface area contributed by atoms with Crippen LogP contribution in [0.2, 0.25) is 0 Å². The van der Waals surface area contributed by atoms with E-state index in [4.69, 9.17) is 10.2 Å². The van der Waals surface area contributed by atoms with Crippen molar-refractivity contribution in [3.05, 3.63) is 41.5 Å². The maximum Gasteiger partial charge on any atom is 0.335 e. The molecule has 0 saturated heterocycles. The van der Waals surface area contributed by atoms with Crippen molar-refractivity contribution >= 4 is 23.5 Å². The minimum atomic E-state index is -1.24. The molecule has 0 spiro atoms. The Labute approximate surface area is 192 Å². The first kappa shape index (κ1) is 27.4. The second kappa shape index (κ2) is 17.0. The van der Waals surface area contributed by atoms with E-state index in [9.17, 15) is 14.4 Å². The van der Waals surface area contributed by atoms with Gasteiger partial charge in [-0.1, -0.05) is 70.4 Å². The smallest absolute Gasteiger partial charge is 0.335 e. The second-order valence-corrected chi connectivity index (χ2v) is 8.29. The van der Waals surface area contributed by atoms with Crippen LogP contribution < -0.4 is 5.32 Å². The number of hydrogen-bond donors (Lipinski definition) is 3. The summed E-state index contributed by atoms with van der Waals surface area (Å²) >= 11 is 0. The van der Waals surface area contributed by atoms with E-state index in [1.807, 2.05) is 0 Å². The fourth-order valence-electron chi connectivity index (χ4n) is 3.53. The van der Waals surface area contributed by atoms with Gasteiger partial charge in [-0.25, -0.2) is 9.59 Å². The van der Waals surface area contributed by atoms with Crippen molar-refractivity contribution in [2.24, 2.45) is 0 Å². The van der Waals surface area contributed by atoms with Crippen LogP contribution in [0.4, 0.5) is 5.69 Å². The molecule has 0 bridgehead atoms. The number of carbonyl (C=O) groups excluding carboxylic acids is 1. The normalized spacial score (nSPS) is 11.0. The first-order chi connectivity index (χ1) is 15.4. The highest BCUT2D eigenvalue weighted by Gasteiger charge is 2.12. The largest absolute Gasteiger partial charge is 0.478 e. The lowest BCUT2D eigenvalue weighted by atomic mass is 10.1. The summed E-state index contributed by atoms with van der Waals surface area (Å²) in [7, 11) is 0. The van der Waals surface area contributed by atoms with Crippen LogP contribution in [-0.4, -0.2) is 28.1 Å². The molecule has 0 aliphatic carbocycles. The van der Waals surface area contributed by atoms with E-state index in [0.29, 0.717) is 6.42 Å². The molecule has 1 aromatic rings. The van der Waals surface area contributed by atoms with Crippen molar-refractivity contribution in [2.45, 2.75) is 96.8 Å². The first-order valence-corrected chi connectivity index (χ1v) is 12.0. The molecule has 0 unspecified atom stereocenters. The number of nitrogens with one attached hydrogen (secondary N) is 1. The Kier molecular flexibility index (Phi) is 14.5. The van der Waals surface area contributed by atoms with Gasteiger partial charge in [0, 0.05) is 12.1 Å². The van der Waals surface area contributed by atoms with Gasteiger partial charge in [-0.05, 0) is 50.3 Å². The summed E-state index contributed by atoms with van der Waals surface area (Å²) in [6.45, 7) is 2.24. The van der Waals surface area contributed by atoms with Gasteiger partial charge in [0.05, 0.1) is 11.1 Å². The van der Waals surface area contributed by atoms with Gasteiger partial charge in [0.15, 0.2) is 0 Å². The maximum atomic E-state index is 12.1. The fourth-order valence-corrected chi connectivity index (χ4v) is 3.53. The molecular formula is C26H39NO5. The standard InChI is InChI=1S/C26H39NO5/c1-2-3-4-5-6-7-8-9-10-11-12-13-14-15-16-17-24(28)27-23-19-21(25(29)30)18-22(20-23)26(31)32/h9-10,18-20H,2-8,11-17H2,1H3,(H,27,28)(H,29,30)(H,31,32). The average molecular weight is 446 g/mol. The molecule has 0 aromatic heterocycles. The molecule has 0 radical (unpaired) electrons. The molecule has 0 fully saturated rings. The highest BCUT2D eigenvalue weighted by Crippen LogP contribution is 2.17. The highest BCUT2D eigenvalue weighted by molar-refractivity contribution is 5.98. The minimum absolute atomic E-state index is 0.166. The van der Waals surface area contributed by atoms with E-state index in [-0.39, 0.29) is 22.7 Å². The molecular weight excluding hydrogens is 406 g/mol. The number of benzene rings is 1. The summed E-state index contributed by atoms with van der Waals surface area (Å²) in [5.41, 5.74) is -0.137. The molecule has 32 heavy (non-hydrogen) atoms. The third-order valence-electron chi connectivity index (χ3n) is 5.38. The van der Waals surface area contributed by atoms with Gasteiger partial charge in [0.1, 0.15) is 0 Å². The van der Waals surface area contributed by atoms with Crippen molar-refractivity contribution in [1.82, 2.24) is 0 Å². The molecule has 6 heteroatoms. The SMILES string of the molecule is CCCCCCCCC=CCCCCCCCC(=O)Nc1cc(C(=O)O)cc(C(=O)O)c1. The topological polar surface area (TPSA) is 104 Å². The number of allylic oxidation sites excluding steroid dienone is 2. The average Bonchev–Trinajstić information content (AvgIpc) is 2.76. The summed E-state index contributed by atoms with van der Waals surface area (Å²) < 4.78 is 0. The van der Waals surface area contributed by atoms with E-state index in [2.05, 4.69) is 24.4 Å². The molecule has 1 amide bonds. The molecule has 0 aliphatic heterocycles. The predicted octanol–water partition coefficient (Wildman–Crippen LogP) is 7.06. The van der Waals surface area contributed by atoms with Gasteiger partial charge in [-0.3, -0.25) is 4.79 Å². The van der Waals surface area contributed by atoms with Gasteiger partial charge in [0.2, 0.25) is 5.91 Å². The number of anilines is 1. The zero-order valence-electron chi connectivity index (χ0n) is 19.4. The van der Waals surface area contributed by atoms with Gasteiger partial charge in [-0.2, -0.15) is 0 Å². The van der Waals surface area contributed by atoms with E-state index in [1.165, 1.54) is 63.5 Å². The number of unbranched alkanes of at least 4 members (excludes halogenated alkanes) is 11. The molecule has 1 aromatic carbocycles. The summed E-state index contributed by atoms with van der Waals surface area (Å²) in [6.07, 6.45) is 20.3. The lowest BCUT2D eigenvalue weighted by Crippen LogP contribution is -2.13. The van der Waals surface area contributed by atoms with Crippen LogP contribution in [0.3, 0.4) is 0 Å². The number of carboxylic acids is 2. The number of carbonyl (C=O) groups is 3. The molecule has 3 N–H and O–H groups in total. The van der Waals surface area contributed by atoms with Crippen molar-refractivity contribution in [3.63, 3.8) is 0 Å². The van der Waals surface area contributed by atoms with Crippen molar-refractivity contribution in [3.8, 4) is 0 Å². The quantitative estimate of drug-likeness (QED) is 0.166. The monoisotopic (exact) mass is 445 g/mol. The highest BCUT2D eigenvalue weighted by atomic mass is 16.4. The van der Waals surface area contributed by atoms with Crippen LogP contribution in [0, 0.1) is 0 Å². The zero-order valence-corrected chi connectivity index (χ0v) is 19.4. The third kappa shape index (κ3) is 12.9. The molecule has 6 nitrogen and oxygen atoms in total. The predicted molar refractivity (Wildman–Crippen MR) is 128 cm³/mol. The Hall–Kier alpha value is -2.63. The summed E-state index contributed by atoms with van der Waals surface area (Å²) in [5.74, 6) is -2.71. The zero-order chi connectivity index (χ0) is 23.6. The van der Waals surface area contributed by atoms with Crippen molar-refractivity contribution in [2.75, 3.05) is 5.32 Å². The molecule has 0 aliphatic rings. The Morgan fingerprint density at radius 1 is 0.719 bits per heavy atom. The summed E-state index contributed by atoms with van der Waals surface area (Å²) in [5, 5.41) is 20.8. The molecule has 1 rings (SSSR count). The van der Waals surface area contributed by atoms with Gasteiger partial charge >= 0.3 is 11.9 Å². The van der Waals surface area contributed by atoms with Gasteiger partial charge < -0.3 is 15.5 Å². The number of amides is 1. The molecule has 0 saturated carbocycles. The van der Waals surface area contributed by atoms with Crippen LogP contribution in [0.25, 0.3) is 0 Å². The first-order valence-electron chi connectivity index (χ1n) is 12.0. The molecule has 0 heterocycles.